The SMILES string of the molecule is CCOC(=O)Cc1ccc(OC)cc1OCc1c(C(C)=O)oc2ccc(-c3cccc(CN)c3)cc12. The molecule has 0 aliphatic carbocycles. The molecule has 0 aliphatic heterocycles. The zero-order valence-corrected chi connectivity index (χ0v) is 20.6. The second-order valence-corrected chi connectivity index (χ2v) is 8.33. The summed E-state index contributed by atoms with van der Waals surface area (Å²) in [6, 6.07) is 19.1. The number of ketones is 1. The molecule has 4 aromatic rings. The van der Waals surface area contributed by atoms with Gasteiger partial charge in [-0.25, -0.2) is 0 Å². The molecule has 4 rings (SSSR count). The first kappa shape index (κ1) is 25.0. The van der Waals surface area contributed by atoms with Crippen LogP contribution in [0.1, 0.15) is 41.1 Å². The molecule has 3 aromatic carbocycles. The zero-order valence-electron chi connectivity index (χ0n) is 20.6. The van der Waals surface area contributed by atoms with Gasteiger partial charge in [0, 0.05) is 36.0 Å². The molecule has 2 N–H and O–H groups in total. The highest BCUT2D eigenvalue weighted by Gasteiger charge is 2.20. The van der Waals surface area contributed by atoms with Crippen LogP contribution >= 0.6 is 0 Å². The fourth-order valence-electron chi connectivity index (χ4n) is 4.09. The van der Waals surface area contributed by atoms with Gasteiger partial charge in [0.05, 0.1) is 20.1 Å². The predicted octanol–water partition coefficient (Wildman–Crippen LogP) is 5.45. The number of furan rings is 1. The van der Waals surface area contributed by atoms with Crippen molar-refractivity contribution in [2.45, 2.75) is 33.4 Å². The summed E-state index contributed by atoms with van der Waals surface area (Å²) in [6.45, 7) is 4.04. The Morgan fingerprint density at radius 2 is 1.81 bits per heavy atom. The van der Waals surface area contributed by atoms with Gasteiger partial charge in [-0.2, -0.15) is 0 Å². The van der Waals surface area contributed by atoms with Gasteiger partial charge in [-0.15, -0.1) is 0 Å². The highest BCUT2D eigenvalue weighted by Crippen LogP contribution is 2.33. The number of fused-ring (bicyclic) bond motifs is 1. The number of rotatable bonds is 10. The van der Waals surface area contributed by atoms with E-state index >= 15 is 0 Å². The fourth-order valence-corrected chi connectivity index (χ4v) is 4.09. The van der Waals surface area contributed by atoms with Gasteiger partial charge >= 0.3 is 5.97 Å². The molecule has 0 unspecified atom stereocenters. The summed E-state index contributed by atoms with van der Waals surface area (Å²) in [5, 5.41) is 0.783. The van der Waals surface area contributed by atoms with Crippen LogP contribution in [-0.4, -0.2) is 25.5 Å². The van der Waals surface area contributed by atoms with Crippen LogP contribution in [-0.2, 0) is 29.1 Å². The van der Waals surface area contributed by atoms with Gasteiger partial charge in [0.1, 0.15) is 23.7 Å². The number of benzene rings is 3. The number of esters is 1. The summed E-state index contributed by atoms with van der Waals surface area (Å²) in [5.74, 6) is 0.748. The van der Waals surface area contributed by atoms with Crippen LogP contribution in [0.5, 0.6) is 11.5 Å². The molecule has 1 aromatic heterocycles. The molecule has 0 saturated heterocycles. The van der Waals surface area contributed by atoms with E-state index in [0.717, 1.165) is 22.1 Å². The smallest absolute Gasteiger partial charge is 0.310 e. The molecular weight excluding hydrogens is 458 g/mol. The number of carbonyl (C=O) groups is 2. The van der Waals surface area contributed by atoms with Gasteiger partial charge in [-0.05, 0) is 47.9 Å². The van der Waals surface area contributed by atoms with Crippen molar-refractivity contribution in [3.8, 4) is 22.6 Å². The molecular formula is C29H29NO6. The lowest BCUT2D eigenvalue weighted by Gasteiger charge is -2.13. The third kappa shape index (κ3) is 5.42. The van der Waals surface area contributed by atoms with Crippen LogP contribution in [0, 0.1) is 0 Å². The van der Waals surface area contributed by atoms with Crippen molar-refractivity contribution >= 4 is 22.7 Å². The van der Waals surface area contributed by atoms with Crippen molar-refractivity contribution in [1.29, 1.82) is 0 Å². The standard InChI is InChI=1S/C29H29NO6/c1-4-34-28(32)14-22-8-10-23(33-3)15-27(22)35-17-25-24-13-21(20-7-5-6-19(12-20)16-30)9-11-26(24)36-29(25)18(2)31/h5-13,15H,4,14,16-17,30H2,1-3H3. The van der Waals surface area contributed by atoms with Crippen LogP contribution in [0.4, 0.5) is 0 Å². The van der Waals surface area contributed by atoms with Gasteiger partial charge in [0.25, 0.3) is 0 Å². The first-order valence-electron chi connectivity index (χ1n) is 11.7. The molecule has 0 radical (unpaired) electrons. The summed E-state index contributed by atoms with van der Waals surface area (Å²) in [6.07, 6.45) is 0.0561. The number of ether oxygens (including phenoxy) is 3. The topological polar surface area (TPSA) is 101 Å². The Hall–Kier alpha value is -4.10. The van der Waals surface area contributed by atoms with Crippen LogP contribution in [0.25, 0.3) is 22.1 Å². The molecule has 186 valence electrons. The maximum absolute atomic E-state index is 12.4. The molecule has 0 amide bonds. The predicted molar refractivity (Wildman–Crippen MR) is 137 cm³/mol. The second kappa shape index (κ2) is 11.1. The molecule has 1 heterocycles. The lowest BCUT2D eigenvalue weighted by Crippen LogP contribution is -2.09. The number of nitrogens with two attached hydrogens (primary N) is 1. The fraction of sp³-hybridized carbons (Fsp3) is 0.241. The van der Waals surface area contributed by atoms with E-state index in [4.69, 9.17) is 24.4 Å². The molecule has 0 aliphatic rings. The quantitative estimate of drug-likeness (QED) is 0.234. The Bertz CT molecular complexity index is 1400. The van der Waals surface area contributed by atoms with E-state index in [0.29, 0.717) is 41.4 Å². The molecule has 7 nitrogen and oxygen atoms in total. The Kier molecular flexibility index (Phi) is 7.71. The molecule has 7 heteroatoms. The van der Waals surface area contributed by atoms with Gasteiger partial charge in [0.15, 0.2) is 11.5 Å². The van der Waals surface area contributed by atoms with Crippen LogP contribution in [0.3, 0.4) is 0 Å². The minimum Gasteiger partial charge on any atom is -0.497 e. The Morgan fingerprint density at radius 1 is 1.00 bits per heavy atom. The maximum Gasteiger partial charge on any atom is 0.310 e. The Balaban J connectivity index is 1.72. The maximum atomic E-state index is 12.4. The van der Waals surface area contributed by atoms with Crippen molar-refractivity contribution < 1.29 is 28.2 Å². The van der Waals surface area contributed by atoms with Crippen LogP contribution in [0.15, 0.2) is 65.1 Å². The summed E-state index contributed by atoms with van der Waals surface area (Å²) >= 11 is 0. The minimum absolute atomic E-state index is 0.0561. The van der Waals surface area contributed by atoms with Crippen LogP contribution in [0.2, 0.25) is 0 Å². The van der Waals surface area contributed by atoms with Gasteiger partial charge in [-0.3, -0.25) is 9.59 Å². The average molecular weight is 488 g/mol. The van der Waals surface area contributed by atoms with E-state index in [1.54, 1.807) is 32.2 Å². The number of hydrogen-bond donors (Lipinski definition) is 1. The van der Waals surface area contributed by atoms with E-state index in [-0.39, 0.29) is 30.5 Å². The highest BCUT2D eigenvalue weighted by molar-refractivity contribution is 6.00. The number of methoxy groups -OCH3 is 1. The third-order valence-corrected chi connectivity index (χ3v) is 5.89. The molecule has 0 saturated carbocycles. The van der Waals surface area contributed by atoms with Gasteiger partial charge < -0.3 is 24.4 Å². The van der Waals surface area contributed by atoms with Gasteiger partial charge in [0.2, 0.25) is 0 Å². The van der Waals surface area contributed by atoms with E-state index < -0.39 is 0 Å². The summed E-state index contributed by atoms with van der Waals surface area (Å²) in [5.41, 5.74) is 10.7. The summed E-state index contributed by atoms with van der Waals surface area (Å²) in [7, 11) is 1.56. The summed E-state index contributed by atoms with van der Waals surface area (Å²) < 4.78 is 22.5. The van der Waals surface area contributed by atoms with E-state index in [1.807, 2.05) is 42.5 Å². The van der Waals surface area contributed by atoms with Crippen molar-refractivity contribution in [3.05, 3.63) is 83.1 Å². The largest absolute Gasteiger partial charge is 0.497 e. The Labute approximate surface area is 209 Å². The lowest BCUT2D eigenvalue weighted by molar-refractivity contribution is -0.142. The zero-order chi connectivity index (χ0) is 25.7. The summed E-state index contributed by atoms with van der Waals surface area (Å²) in [4.78, 5) is 24.5. The first-order valence-corrected chi connectivity index (χ1v) is 11.7. The highest BCUT2D eigenvalue weighted by atomic mass is 16.5. The van der Waals surface area contributed by atoms with Crippen molar-refractivity contribution in [3.63, 3.8) is 0 Å². The molecule has 0 bridgehead atoms. The second-order valence-electron chi connectivity index (χ2n) is 8.33. The first-order chi connectivity index (χ1) is 17.4. The van der Waals surface area contributed by atoms with Crippen molar-refractivity contribution in [1.82, 2.24) is 0 Å². The van der Waals surface area contributed by atoms with Crippen molar-refractivity contribution in [2.24, 2.45) is 5.73 Å². The molecule has 0 atom stereocenters. The van der Waals surface area contributed by atoms with E-state index in [9.17, 15) is 9.59 Å². The van der Waals surface area contributed by atoms with Gasteiger partial charge in [-0.1, -0.05) is 30.3 Å². The normalized spacial score (nSPS) is 10.9. The van der Waals surface area contributed by atoms with Crippen molar-refractivity contribution in [2.75, 3.05) is 13.7 Å². The lowest BCUT2D eigenvalue weighted by atomic mass is 10.00. The minimum atomic E-state index is -0.352. The third-order valence-electron chi connectivity index (χ3n) is 5.89. The molecule has 36 heavy (non-hydrogen) atoms. The number of hydrogen-bond acceptors (Lipinski definition) is 7. The number of Topliss-reactive ketones (excluding diaryl/α,β-unsaturated/α-hetero) is 1. The number of carbonyl (C=O) groups excluding carboxylic acids is 2. The molecule has 0 fully saturated rings. The van der Waals surface area contributed by atoms with Crippen LogP contribution < -0.4 is 15.2 Å². The monoisotopic (exact) mass is 487 g/mol. The molecule has 0 spiro atoms. The Morgan fingerprint density at radius 3 is 2.53 bits per heavy atom. The van der Waals surface area contributed by atoms with E-state index in [1.165, 1.54) is 6.92 Å². The van der Waals surface area contributed by atoms with E-state index in [2.05, 4.69) is 0 Å². The average Bonchev–Trinajstić information content (AvgIpc) is 3.26.